The molecule has 1 fully saturated rings. The van der Waals surface area contributed by atoms with Crippen LogP contribution in [0.3, 0.4) is 0 Å². The molecule has 5 atom stereocenters. The first-order valence-corrected chi connectivity index (χ1v) is 8.52. The molecule has 0 aromatic carbocycles. The van der Waals surface area contributed by atoms with E-state index in [2.05, 4.69) is 0 Å². The van der Waals surface area contributed by atoms with Gasteiger partial charge in [-0.1, -0.05) is 0 Å². The second kappa shape index (κ2) is 10.2. The van der Waals surface area contributed by atoms with E-state index in [9.17, 15) is 29.1 Å². The van der Waals surface area contributed by atoms with Crippen LogP contribution in [0.4, 0.5) is 0 Å². The van der Waals surface area contributed by atoms with Gasteiger partial charge in [-0.2, -0.15) is 0 Å². The first-order chi connectivity index (χ1) is 13.4. The Hall–Kier alpha value is -2.73. The fraction of sp³-hybridized carbons (Fsp3) is 0.706. The highest BCUT2D eigenvalue weighted by molar-refractivity contribution is 5.69. The van der Waals surface area contributed by atoms with E-state index in [4.69, 9.17) is 28.4 Å². The molecule has 1 aliphatic heterocycles. The van der Waals surface area contributed by atoms with Crippen molar-refractivity contribution in [2.24, 2.45) is 0 Å². The molecule has 1 unspecified atom stereocenters. The van der Waals surface area contributed by atoms with Gasteiger partial charge in [-0.3, -0.25) is 24.0 Å². The molecule has 1 saturated heterocycles. The minimum atomic E-state index is -1.99. The molecule has 1 N–H and O–H groups in total. The van der Waals surface area contributed by atoms with Crippen LogP contribution in [0, 0.1) is 0 Å². The molecule has 0 saturated carbocycles. The van der Waals surface area contributed by atoms with Crippen LogP contribution in [0.5, 0.6) is 0 Å². The number of esters is 5. The van der Waals surface area contributed by atoms with Gasteiger partial charge in [0, 0.05) is 34.6 Å². The van der Waals surface area contributed by atoms with Crippen LogP contribution in [-0.2, 0) is 52.4 Å². The Labute approximate surface area is 166 Å². The molecule has 12 heteroatoms. The lowest BCUT2D eigenvalue weighted by molar-refractivity contribution is -0.339. The Morgan fingerprint density at radius 1 is 0.759 bits per heavy atom. The van der Waals surface area contributed by atoms with Crippen molar-refractivity contribution in [1.29, 1.82) is 0 Å². The lowest BCUT2D eigenvalue weighted by Crippen LogP contribution is -2.70. The molecule has 0 radical (unpaired) electrons. The van der Waals surface area contributed by atoms with Crippen molar-refractivity contribution in [2.75, 3.05) is 13.2 Å². The molecule has 0 aromatic rings. The van der Waals surface area contributed by atoms with Crippen molar-refractivity contribution in [3.63, 3.8) is 0 Å². The van der Waals surface area contributed by atoms with Gasteiger partial charge in [0.05, 0.1) is 6.61 Å². The normalized spacial score (nSPS) is 28.6. The monoisotopic (exact) mass is 420 g/mol. The second-order valence-electron chi connectivity index (χ2n) is 6.28. The number of carbonyl (C=O) groups excluding carboxylic acids is 5. The Morgan fingerprint density at radius 2 is 1.24 bits per heavy atom. The van der Waals surface area contributed by atoms with Crippen LogP contribution in [0.1, 0.15) is 34.6 Å². The van der Waals surface area contributed by atoms with Crippen LogP contribution < -0.4 is 0 Å². The zero-order chi connectivity index (χ0) is 22.4. The molecule has 0 aromatic heterocycles. The Morgan fingerprint density at radius 3 is 1.66 bits per heavy atom. The predicted octanol–water partition coefficient (Wildman–Crippen LogP) is -1.00. The van der Waals surface area contributed by atoms with Gasteiger partial charge in [-0.25, -0.2) is 0 Å². The number of aliphatic hydroxyl groups excluding tert-OH is 1. The van der Waals surface area contributed by atoms with Crippen molar-refractivity contribution in [1.82, 2.24) is 0 Å². The third-order valence-electron chi connectivity index (χ3n) is 3.73. The van der Waals surface area contributed by atoms with Crippen LogP contribution in [-0.4, -0.2) is 78.4 Å². The van der Waals surface area contributed by atoms with Crippen LogP contribution >= 0.6 is 0 Å². The first-order valence-electron chi connectivity index (χ1n) is 8.52. The Bertz CT molecular complexity index is 659. The van der Waals surface area contributed by atoms with Crippen molar-refractivity contribution < 1.29 is 57.5 Å². The SMILES string of the molecule is CC(=O)OC[C@@]1(CO)OC(OC(C)=O)[C@H](OC(C)=O)[C@@H](OC(C)=O)[C@H]1OC(C)=O. The summed E-state index contributed by atoms with van der Waals surface area (Å²) in [5.41, 5.74) is -1.99. The predicted molar refractivity (Wildman–Crippen MR) is 89.8 cm³/mol. The summed E-state index contributed by atoms with van der Waals surface area (Å²) < 4.78 is 31.0. The number of hydrogen-bond acceptors (Lipinski definition) is 12. The van der Waals surface area contributed by atoms with Crippen molar-refractivity contribution in [3.8, 4) is 0 Å². The van der Waals surface area contributed by atoms with Crippen LogP contribution in [0.25, 0.3) is 0 Å². The molecule has 29 heavy (non-hydrogen) atoms. The van der Waals surface area contributed by atoms with Crippen LogP contribution in [0.2, 0.25) is 0 Å². The quantitative estimate of drug-likeness (QED) is 0.395. The molecule has 0 bridgehead atoms. The Balaban J connectivity index is 3.53. The lowest BCUT2D eigenvalue weighted by Gasteiger charge is -2.49. The van der Waals surface area contributed by atoms with E-state index in [1.165, 1.54) is 0 Å². The molecule has 164 valence electrons. The van der Waals surface area contributed by atoms with Gasteiger partial charge in [0.1, 0.15) is 6.61 Å². The van der Waals surface area contributed by atoms with E-state index < -0.39 is 73.3 Å². The van der Waals surface area contributed by atoms with Crippen LogP contribution in [0.15, 0.2) is 0 Å². The number of ether oxygens (including phenoxy) is 6. The molecule has 0 amide bonds. The summed E-state index contributed by atoms with van der Waals surface area (Å²) >= 11 is 0. The number of aliphatic hydroxyl groups is 1. The fourth-order valence-corrected chi connectivity index (χ4v) is 2.75. The highest BCUT2D eigenvalue weighted by Crippen LogP contribution is 2.36. The molecule has 1 rings (SSSR count). The van der Waals surface area contributed by atoms with E-state index in [0.717, 1.165) is 34.6 Å². The van der Waals surface area contributed by atoms with Crippen molar-refractivity contribution in [3.05, 3.63) is 0 Å². The van der Waals surface area contributed by atoms with E-state index in [-0.39, 0.29) is 0 Å². The number of hydrogen-bond donors (Lipinski definition) is 1. The maximum absolute atomic E-state index is 11.7. The first kappa shape index (κ1) is 24.3. The van der Waals surface area contributed by atoms with E-state index in [1.54, 1.807) is 0 Å². The average Bonchev–Trinajstić information content (AvgIpc) is 2.57. The largest absolute Gasteiger partial charge is 0.463 e. The zero-order valence-corrected chi connectivity index (χ0v) is 16.7. The zero-order valence-electron chi connectivity index (χ0n) is 16.7. The van der Waals surface area contributed by atoms with Gasteiger partial charge in [0.15, 0.2) is 17.8 Å². The maximum atomic E-state index is 11.7. The lowest BCUT2D eigenvalue weighted by atomic mass is 9.87. The summed E-state index contributed by atoms with van der Waals surface area (Å²) in [4.78, 5) is 57.7. The van der Waals surface area contributed by atoms with E-state index in [0.29, 0.717) is 0 Å². The smallest absolute Gasteiger partial charge is 0.305 e. The van der Waals surface area contributed by atoms with Gasteiger partial charge in [0.2, 0.25) is 12.4 Å². The molecule has 1 aliphatic rings. The topological polar surface area (TPSA) is 161 Å². The summed E-state index contributed by atoms with van der Waals surface area (Å²) in [6.07, 6.45) is -6.34. The third-order valence-corrected chi connectivity index (χ3v) is 3.73. The summed E-state index contributed by atoms with van der Waals surface area (Å²) in [5, 5.41) is 10.0. The highest BCUT2D eigenvalue weighted by Gasteiger charge is 2.61. The second-order valence-corrected chi connectivity index (χ2v) is 6.28. The number of rotatable bonds is 7. The van der Waals surface area contributed by atoms with Gasteiger partial charge in [-0.05, 0) is 0 Å². The molecule has 0 aliphatic carbocycles. The molecular weight excluding hydrogens is 396 g/mol. The standard InChI is InChI=1S/C17H24O12/c1-8(19)24-7-17(6-18)15(27-11(4)22)13(25-9(2)20)14(26-10(3)21)16(29-17)28-12(5)23/h13-16,18H,6-7H2,1-5H3/t13-,14-,15-,16?,17-/m1/s1. The van der Waals surface area contributed by atoms with Gasteiger partial charge < -0.3 is 33.5 Å². The summed E-state index contributed by atoms with van der Waals surface area (Å²) in [7, 11) is 0. The highest BCUT2D eigenvalue weighted by atomic mass is 16.8. The number of carbonyl (C=O) groups is 5. The minimum absolute atomic E-state index is 0.654. The van der Waals surface area contributed by atoms with Gasteiger partial charge in [-0.15, -0.1) is 0 Å². The molecule has 0 spiro atoms. The summed E-state index contributed by atoms with van der Waals surface area (Å²) in [5.74, 6) is -4.15. The van der Waals surface area contributed by atoms with Crippen molar-refractivity contribution >= 4 is 29.8 Å². The summed E-state index contributed by atoms with van der Waals surface area (Å²) in [6.45, 7) is 3.70. The Kier molecular flexibility index (Phi) is 8.52. The maximum Gasteiger partial charge on any atom is 0.305 e. The molecular formula is C17H24O12. The van der Waals surface area contributed by atoms with E-state index >= 15 is 0 Å². The molecule has 12 nitrogen and oxygen atoms in total. The fourth-order valence-electron chi connectivity index (χ4n) is 2.75. The average molecular weight is 420 g/mol. The van der Waals surface area contributed by atoms with Gasteiger partial charge in [0.25, 0.3) is 0 Å². The summed E-state index contributed by atoms with van der Waals surface area (Å²) in [6, 6.07) is 0. The molecule has 1 heterocycles. The van der Waals surface area contributed by atoms with Crippen molar-refractivity contribution in [2.45, 2.75) is 64.8 Å². The van der Waals surface area contributed by atoms with E-state index in [1.807, 2.05) is 0 Å². The van der Waals surface area contributed by atoms with Gasteiger partial charge >= 0.3 is 29.8 Å². The minimum Gasteiger partial charge on any atom is -0.463 e. The third kappa shape index (κ3) is 6.68.